The molecule has 0 spiro atoms. The lowest BCUT2D eigenvalue weighted by atomic mass is 10.0. The monoisotopic (exact) mass is 434 g/mol. The van der Waals surface area contributed by atoms with Crippen LogP contribution in [0.3, 0.4) is 0 Å². The molecule has 10 nitrogen and oxygen atoms in total. The molecule has 0 amide bonds. The van der Waals surface area contributed by atoms with Gasteiger partial charge in [-0.05, 0) is 38.1 Å². The molecule has 0 saturated carbocycles. The number of hydrogen-bond acceptors (Lipinski definition) is 7. The topological polar surface area (TPSA) is 105 Å². The predicted octanol–water partition coefficient (Wildman–Crippen LogP) is 1.57. The number of piperazine rings is 1. The summed E-state index contributed by atoms with van der Waals surface area (Å²) < 4.78 is 29.3. The van der Waals surface area contributed by atoms with E-state index < -0.39 is 14.9 Å². The van der Waals surface area contributed by atoms with E-state index in [1.807, 2.05) is 28.9 Å². The smallest absolute Gasteiger partial charge is 0.293 e. The number of benzene rings is 1. The highest BCUT2D eigenvalue weighted by molar-refractivity contribution is 7.89. The van der Waals surface area contributed by atoms with Gasteiger partial charge in [0.25, 0.3) is 5.69 Å². The number of nitro benzene ring substituents is 1. The fraction of sp³-hybridized carbons (Fsp3) is 0.526. The number of rotatable bonds is 5. The van der Waals surface area contributed by atoms with E-state index in [1.54, 1.807) is 12.3 Å². The average Bonchev–Trinajstić information content (AvgIpc) is 3.29. The molecule has 2 aliphatic rings. The van der Waals surface area contributed by atoms with Gasteiger partial charge in [-0.15, -0.1) is 0 Å². The summed E-state index contributed by atoms with van der Waals surface area (Å²) in [6, 6.07) is 6.27. The Hall–Kier alpha value is -2.50. The summed E-state index contributed by atoms with van der Waals surface area (Å²) >= 11 is 0. The Morgan fingerprint density at radius 3 is 2.60 bits per heavy atom. The van der Waals surface area contributed by atoms with Gasteiger partial charge in [-0.25, -0.2) is 8.42 Å². The van der Waals surface area contributed by atoms with Gasteiger partial charge in [0.05, 0.1) is 15.9 Å². The highest BCUT2D eigenvalue weighted by Crippen LogP contribution is 2.35. The standard InChI is InChI=1S/C19H26N6O4S/c1-21-10-12-23(13-11-21)30(28,29)17-5-6-18(19(14-17)25(26)27)22-8-2-4-16(15-22)24-9-3-7-20-24/h3,5-7,9,14,16H,2,4,8,10-13,15H2,1H3. The molecule has 1 aromatic heterocycles. The summed E-state index contributed by atoms with van der Waals surface area (Å²) in [5.74, 6) is 0. The molecule has 3 heterocycles. The zero-order valence-electron chi connectivity index (χ0n) is 16.9. The molecule has 162 valence electrons. The van der Waals surface area contributed by atoms with Gasteiger partial charge < -0.3 is 9.80 Å². The van der Waals surface area contributed by atoms with Crippen molar-refractivity contribution in [3.8, 4) is 0 Å². The van der Waals surface area contributed by atoms with Crippen LogP contribution >= 0.6 is 0 Å². The Balaban J connectivity index is 1.61. The second-order valence-corrected chi connectivity index (χ2v) is 9.78. The van der Waals surface area contributed by atoms with Crippen molar-refractivity contribution in [2.45, 2.75) is 23.8 Å². The molecule has 4 rings (SSSR count). The Morgan fingerprint density at radius 2 is 1.93 bits per heavy atom. The molecule has 2 aliphatic heterocycles. The van der Waals surface area contributed by atoms with Gasteiger partial charge in [0, 0.05) is 57.7 Å². The molecular formula is C19H26N6O4S. The van der Waals surface area contributed by atoms with Crippen LogP contribution in [-0.2, 0) is 10.0 Å². The van der Waals surface area contributed by atoms with E-state index in [-0.39, 0.29) is 16.6 Å². The Labute approximate surface area is 175 Å². The van der Waals surface area contributed by atoms with Crippen LogP contribution in [0.5, 0.6) is 0 Å². The first kappa shape index (κ1) is 20.8. The third kappa shape index (κ3) is 4.05. The summed E-state index contributed by atoms with van der Waals surface area (Å²) in [5, 5.41) is 16.1. The number of nitro groups is 1. The van der Waals surface area contributed by atoms with Crippen molar-refractivity contribution >= 4 is 21.4 Å². The van der Waals surface area contributed by atoms with Crippen molar-refractivity contribution in [1.82, 2.24) is 19.0 Å². The molecule has 2 aromatic rings. The number of sulfonamides is 1. The largest absolute Gasteiger partial charge is 0.364 e. The van der Waals surface area contributed by atoms with Crippen molar-refractivity contribution in [1.29, 1.82) is 0 Å². The molecule has 1 atom stereocenters. The summed E-state index contributed by atoms with van der Waals surface area (Å²) in [7, 11) is -1.82. The first-order valence-corrected chi connectivity index (χ1v) is 11.5. The van der Waals surface area contributed by atoms with Gasteiger partial charge in [0.1, 0.15) is 5.69 Å². The van der Waals surface area contributed by atoms with E-state index in [4.69, 9.17) is 0 Å². The van der Waals surface area contributed by atoms with E-state index in [9.17, 15) is 18.5 Å². The van der Waals surface area contributed by atoms with Crippen LogP contribution in [0.2, 0.25) is 0 Å². The van der Waals surface area contributed by atoms with E-state index in [2.05, 4.69) is 10.00 Å². The normalized spacial score (nSPS) is 21.6. The Kier molecular flexibility index (Phi) is 5.76. The van der Waals surface area contributed by atoms with Gasteiger partial charge in [-0.1, -0.05) is 0 Å². The maximum absolute atomic E-state index is 13.0. The molecule has 0 bridgehead atoms. The maximum atomic E-state index is 13.0. The van der Waals surface area contributed by atoms with Gasteiger partial charge in [-0.3, -0.25) is 14.8 Å². The van der Waals surface area contributed by atoms with E-state index >= 15 is 0 Å². The van der Waals surface area contributed by atoms with Crippen LogP contribution in [0.15, 0.2) is 41.6 Å². The van der Waals surface area contributed by atoms with Gasteiger partial charge >= 0.3 is 0 Å². The van der Waals surface area contributed by atoms with Crippen LogP contribution in [-0.4, -0.2) is 78.6 Å². The summed E-state index contributed by atoms with van der Waals surface area (Å²) in [4.78, 5) is 15.3. The van der Waals surface area contributed by atoms with Gasteiger partial charge in [0.15, 0.2) is 0 Å². The minimum Gasteiger partial charge on any atom is -0.364 e. The second-order valence-electron chi connectivity index (χ2n) is 7.84. The van der Waals surface area contributed by atoms with Crippen molar-refractivity contribution < 1.29 is 13.3 Å². The lowest BCUT2D eigenvalue weighted by Gasteiger charge is -2.34. The van der Waals surface area contributed by atoms with Crippen LogP contribution in [0.1, 0.15) is 18.9 Å². The summed E-state index contributed by atoms with van der Waals surface area (Å²) in [6.07, 6.45) is 5.44. The molecule has 1 unspecified atom stereocenters. The first-order chi connectivity index (χ1) is 14.4. The number of anilines is 1. The zero-order valence-corrected chi connectivity index (χ0v) is 17.7. The second kappa shape index (κ2) is 8.32. The van der Waals surface area contributed by atoms with Crippen molar-refractivity contribution in [3.63, 3.8) is 0 Å². The van der Waals surface area contributed by atoms with Crippen LogP contribution < -0.4 is 4.90 Å². The number of nitrogens with zero attached hydrogens (tertiary/aromatic N) is 6. The minimum absolute atomic E-state index is 0.0249. The Bertz CT molecular complexity index is 1000. The first-order valence-electron chi connectivity index (χ1n) is 10.1. The molecule has 2 fully saturated rings. The van der Waals surface area contributed by atoms with Gasteiger partial charge in [0.2, 0.25) is 10.0 Å². The molecule has 0 radical (unpaired) electrons. The number of likely N-dealkylation sites (N-methyl/N-ethyl adjacent to an activating group) is 1. The summed E-state index contributed by atoms with van der Waals surface area (Å²) in [5.41, 5.74) is 0.278. The quantitative estimate of drug-likeness (QED) is 0.520. The van der Waals surface area contributed by atoms with E-state index in [0.29, 0.717) is 45.0 Å². The Morgan fingerprint density at radius 1 is 1.17 bits per heavy atom. The van der Waals surface area contributed by atoms with Crippen LogP contribution in [0.4, 0.5) is 11.4 Å². The SMILES string of the molecule is CN1CCN(S(=O)(=O)c2ccc(N3CCCC(n4cccn4)C3)c([N+](=O)[O-])c2)CC1. The average molecular weight is 435 g/mol. The predicted molar refractivity (Wildman–Crippen MR) is 112 cm³/mol. The van der Waals surface area contributed by atoms with Crippen LogP contribution in [0, 0.1) is 10.1 Å². The van der Waals surface area contributed by atoms with Crippen LogP contribution in [0.25, 0.3) is 0 Å². The molecule has 11 heteroatoms. The number of aromatic nitrogens is 2. The summed E-state index contributed by atoms with van der Waals surface area (Å²) in [6.45, 7) is 3.32. The maximum Gasteiger partial charge on any atom is 0.293 e. The van der Waals surface area contributed by atoms with Gasteiger partial charge in [-0.2, -0.15) is 9.40 Å². The molecule has 0 aliphatic carbocycles. The van der Waals surface area contributed by atoms with Crippen molar-refractivity contribution in [3.05, 3.63) is 46.8 Å². The highest BCUT2D eigenvalue weighted by Gasteiger charge is 2.32. The van der Waals surface area contributed by atoms with Crippen molar-refractivity contribution in [2.24, 2.45) is 0 Å². The fourth-order valence-corrected chi connectivity index (χ4v) is 5.58. The van der Waals surface area contributed by atoms with E-state index in [0.717, 1.165) is 12.8 Å². The molecule has 1 aromatic carbocycles. The molecule has 2 saturated heterocycles. The fourth-order valence-electron chi connectivity index (χ4n) is 4.14. The highest BCUT2D eigenvalue weighted by atomic mass is 32.2. The molecule has 30 heavy (non-hydrogen) atoms. The number of piperidine rings is 1. The number of hydrogen-bond donors (Lipinski definition) is 0. The lowest BCUT2D eigenvalue weighted by molar-refractivity contribution is -0.384. The molecule has 0 N–H and O–H groups in total. The lowest BCUT2D eigenvalue weighted by Crippen LogP contribution is -2.47. The third-order valence-corrected chi connectivity index (χ3v) is 7.77. The zero-order chi connectivity index (χ0) is 21.3. The minimum atomic E-state index is -3.77. The van der Waals surface area contributed by atoms with Crippen molar-refractivity contribution in [2.75, 3.05) is 51.2 Å². The van der Waals surface area contributed by atoms with E-state index in [1.165, 1.54) is 16.4 Å². The third-order valence-electron chi connectivity index (χ3n) is 5.88. The molecular weight excluding hydrogens is 408 g/mol.